The van der Waals surface area contributed by atoms with Gasteiger partial charge in [0.25, 0.3) is 0 Å². The molecule has 1 unspecified atom stereocenters. The summed E-state index contributed by atoms with van der Waals surface area (Å²) in [6.45, 7) is 5.98. The molecule has 1 aliphatic heterocycles. The van der Waals surface area contributed by atoms with E-state index >= 15 is 0 Å². The molecule has 1 N–H and O–H groups in total. The molecule has 1 heterocycles. The molecule has 4 nitrogen and oxygen atoms in total. The van der Waals surface area contributed by atoms with Crippen molar-refractivity contribution in [2.45, 2.75) is 26.2 Å². The summed E-state index contributed by atoms with van der Waals surface area (Å²) in [6, 6.07) is 0. The molecule has 0 aromatic carbocycles. The molecule has 0 aromatic rings. The van der Waals surface area contributed by atoms with Crippen LogP contribution in [0.5, 0.6) is 0 Å². The van der Waals surface area contributed by atoms with Crippen molar-refractivity contribution in [1.29, 1.82) is 0 Å². The van der Waals surface area contributed by atoms with E-state index in [1.54, 1.807) is 0 Å². The van der Waals surface area contributed by atoms with Gasteiger partial charge in [0.05, 0.1) is 13.2 Å². The quantitative estimate of drug-likeness (QED) is 0.541. The first kappa shape index (κ1) is 13.5. The molecule has 16 heavy (non-hydrogen) atoms. The third-order valence-corrected chi connectivity index (χ3v) is 3.03. The van der Waals surface area contributed by atoms with Crippen LogP contribution in [-0.4, -0.2) is 50.7 Å². The maximum atomic E-state index is 11.1. The van der Waals surface area contributed by atoms with Crippen LogP contribution in [0.1, 0.15) is 26.2 Å². The Bertz CT molecular complexity index is 209. The Balaban J connectivity index is 2.00. The minimum Gasteiger partial charge on any atom is -0.465 e. The largest absolute Gasteiger partial charge is 0.465 e. The average molecular weight is 228 g/mol. The number of nitrogens with zero attached hydrogens (tertiary/aromatic N) is 1. The van der Waals surface area contributed by atoms with Crippen LogP contribution in [-0.2, 0) is 9.53 Å². The Morgan fingerprint density at radius 1 is 1.56 bits per heavy atom. The second kappa shape index (κ2) is 7.63. The highest BCUT2D eigenvalue weighted by Crippen LogP contribution is 2.17. The first-order chi connectivity index (χ1) is 7.72. The van der Waals surface area contributed by atoms with Crippen molar-refractivity contribution in [2.75, 3.05) is 39.8 Å². The fraction of sp³-hybridized carbons (Fsp3) is 0.917. The van der Waals surface area contributed by atoms with Gasteiger partial charge in [0.1, 0.15) is 0 Å². The minimum absolute atomic E-state index is 0.150. The van der Waals surface area contributed by atoms with E-state index in [0.29, 0.717) is 13.2 Å². The van der Waals surface area contributed by atoms with Crippen molar-refractivity contribution < 1.29 is 9.53 Å². The zero-order chi connectivity index (χ0) is 11.8. The molecule has 0 bridgehead atoms. The van der Waals surface area contributed by atoms with E-state index in [1.807, 2.05) is 6.92 Å². The fourth-order valence-electron chi connectivity index (χ4n) is 2.22. The van der Waals surface area contributed by atoms with Crippen molar-refractivity contribution in [2.24, 2.45) is 5.92 Å². The molecule has 0 aromatic heterocycles. The molecule has 1 fully saturated rings. The Kier molecular flexibility index (Phi) is 6.42. The molecule has 94 valence electrons. The summed E-state index contributed by atoms with van der Waals surface area (Å²) < 4.78 is 4.84. The van der Waals surface area contributed by atoms with E-state index in [2.05, 4.69) is 17.3 Å². The number of hydrogen-bond donors (Lipinski definition) is 1. The lowest BCUT2D eigenvalue weighted by Gasteiger charge is -2.29. The van der Waals surface area contributed by atoms with Gasteiger partial charge in [-0.05, 0) is 52.2 Å². The fourth-order valence-corrected chi connectivity index (χ4v) is 2.22. The number of carbonyl (C=O) groups is 1. The molecule has 0 saturated carbocycles. The summed E-state index contributed by atoms with van der Waals surface area (Å²) in [6.07, 6.45) is 3.79. The Labute approximate surface area is 98.3 Å². The second-order valence-electron chi connectivity index (χ2n) is 4.54. The van der Waals surface area contributed by atoms with Crippen molar-refractivity contribution in [1.82, 2.24) is 10.2 Å². The number of hydrogen-bond acceptors (Lipinski definition) is 4. The van der Waals surface area contributed by atoms with Crippen LogP contribution in [0.15, 0.2) is 0 Å². The van der Waals surface area contributed by atoms with Gasteiger partial charge in [-0.3, -0.25) is 4.79 Å². The van der Waals surface area contributed by atoms with Gasteiger partial charge in [0.2, 0.25) is 0 Å². The topological polar surface area (TPSA) is 41.6 Å². The van der Waals surface area contributed by atoms with Crippen LogP contribution in [0.4, 0.5) is 0 Å². The number of ether oxygens (including phenoxy) is 1. The Hall–Kier alpha value is -0.610. The third kappa shape index (κ3) is 5.47. The number of nitrogens with one attached hydrogen (secondary N) is 1. The third-order valence-electron chi connectivity index (χ3n) is 3.03. The van der Waals surface area contributed by atoms with Gasteiger partial charge in [-0.25, -0.2) is 0 Å². The molecule has 0 aliphatic carbocycles. The van der Waals surface area contributed by atoms with E-state index in [-0.39, 0.29) is 5.97 Å². The number of rotatable bonds is 6. The average Bonchev–Trinajstić information content (AvgIpc) is 2.25. The zero-order valence-corrected chi connectivity index (χ0v) is 10.5. The number of esters is 1. The number of carbonyl (C=O) groups excluding carboxylic acids is 1. The molecule has 0 amide bonds. The van der Waals surface area contributed by atoms with Crippen molar-refractivity contribution in [3.8, 4) is 0 Å². The van der Waals surface area contributed by atoms with Gasteiger partial charge in [-0.2, -0.15) is 0 Å². The highest BCUT2D eigenvalue weighted by molar-refractivity contribution is 5.71. The van der Waals surface area contributed by atoms with E-state index < -0.39 is 0 Å². The first-order valence-electron chi connectivity index (χ1n) is 6.27. The zero-order valence-electron chi connectivity index (χ0n) is 10.5. The van der Waals surface area contributed by atoms with E-state index in [1.165, 1.54) is 25.9 Å². The molecule has 1 rings (SSSR count). The molecule has 1 atom stereocenters. The van der Waals surface area contributed by atoms with Gasteiger partial charge in [-0.15, -0.1) is 0 Å². The summed E-state index contributed by atoms with van der Waals surface area (Å²) in [5.74, 6) is 0.636. The van der Waals surface area contributed by atoms with Crippen LogP contribution in [0, 0.1) is 5.92 Å². The van der Waals surface area contributed by atoms with E-state index in [0.717, 1.165) is 18.9 Å². The number of piperidine rings is 1. The summed E-state index contributed by atoms with van der Waals surface area (Å²) in [4.78, 5) is 13.4. The molecule has 4 heteroatoms. The second-order valence-corrected chi connectivity index (χ2v) is 4.54. The maximum Gasteiger partial charge on any atom is 0.319 e. The maximum absolute atomic E-state index is 11.1. The minimum atomic E-state index is -0.150. The van der Waals surface area contributed by atoms with Crippen LogP contribution >= 0.6 is 0 Å². The van der Waals surface area contributed by atoms with Crippen LogP contribution in [0.25, 0.3) is 0 Å². The predicted molar refractivity (Wildman–Crippen MR) is 64.3 cm³/mol. The van der Waals surface area contributed by atoms with Crippen molar-refractivity contribution in [3.05, 3.63) is 0 Å². The smallest absolute Gasteiger partial charge is 0.319 e. The summed E-state index contributed by atoms with van der Waals surface area (Å²) >= 11 is 0. The Morgan fingerprint density at radius 2 is 2.38 bits per heavy atom. The van der Waals surface area contributed by atoms with E-state index in [9.17, 15) is 4.79 Å². The van der Waals surface area contributed by atoms with Crippen LogP contribution < -0.4 is 5.32 Å². The molecule has 1 aliphatic rings. The standard InChI is InChI=1S/C12H24N2O2/c1-3-16-12(15)9-13-7-6-11-5-4-8-14(2)10-11/h11,13H,3-10H2,1-2H3. The first-order valence-corrected chi connectivity index (χ1v) is 6.27. The summed E-state index contributed by atoms with van der Waals surface area (Å²) in [5, 5.41) is 3.14. The monoisotopic (exact) mass is 228 g/mol. The highest BCUT2D eigenvalue weighted by Gasteiger charge is 2.16. The van der Waals surface area contributed by atoms with Crippen molar-refractivity contribution >= 4 is 5.97 Å². The predicted octanol–water partition coefficient (Wildman–Crippen LogP) is 0.871. The van der Waals surface area contributed by atoms with Crippen molar-refractivity contribution in [3.63, 3.8) is 0 Å². The molecular weight excluding hydrogens is 204 g/mol. The lowest BCUT2D eigenvalue weighted by molar-refractivity contribution is -0.142. The SMILES string of the molecule is CCOC(=O)CNCCC1CCCN(C)C1. The normalized spacial score (nSPS) is 22.0. The molecular formula is C12H24N2O2. The van der Waals surface area contributed by atoms with Gasteiger partial charge in [-0.1, -0.05) is 0 Å². The van der Waals surface area contributed by atoms with Gasteiger partial charge >= 0.3 is 5.97 Å². The van der Waals surface area contributed by atoms with Gasteiger partial charge < -0.3 is 15.0 Å². The lowest BCUT2D eigenvalue weighted by Crippen LogP contribution is -2.34. The number of likely N-dealkylation sites (tertiary alicyclic amines) is 1. The molecule has 0 spiro atoms. The highest BCUT2D eigenvalue weighted by atomic mass is 16.5. The van der Waals surface area contributed by atoms with Crippen LogP contribution in [0.3, 0.4) is 0 Å². The Morgan fingerprint density at radius 3 is 3.06 bits per heavy atom. The van der Waals surface area contributed by atoms with Gasteiger partial charge in [0.15, 0.2) is 0 Å². The molecule has 1 saturated heterocycles. The van der Waals surface area contributed by atoms with Crippen LogP contribution in [0.2, 0.25) is 0 Å². The van der Waals surface area contributed by atoms with E-state index in [4.69, 9.17) is 4.74 Å². The summed E-state index contributed by atoms with van der Waals surface area (Å²) in [7, 11) is 2.18. The summed E-state index contributed by atoms with van der Waals surface area (Å²) in [5.41, 5.74) is 0. The van der Waals surface area contributed by atoms with Gasteiger partial charge in [0, 0.05) is 6.54 Å². The lowest BCUT2D eigenvalue weighted by atomic mass is 9.95. The molecule has 0 radical (unpaired) electrons.